The van der Waals surface area contributed by atoms with Gasteiger partial charge in [-0.3, -0.25) is 0 Å². The van der Waals surface area contributed by atoms with Crippen LogP contribution in [0.25, 0.3) is 11.6 Å². The van der Waals surface area contributed by atoms with Gasteiger partial charge in [-0.15, -0.1) is 6.58 Å². The van der Waals surface area contributed by atoms with Gasteiger partial charge in [0.1, 0.15) is 0 Å². The van der Waals surface area contributed by atoms with Gasteiger partial charge in [-0.1, -0.05) is 110 Å². The Kier molecular flexibility index (Phi) is 11.5. The fraction of sp³-hybridized carbons (Fsp3) is 0.119. The van der Waals surface area contributed by atoms with E-state index in [1.165, 1.54) is 28.3 Å². The summed E-state index contributed by atoms with van der Waals surface area (Å²) in [5.41, 5.74) is 10.1. The van der Waals surface area contributed by atoms with Crippen molar-refractivity contribution in [3.8, 4) is 0 Å². The van der Waals surface area contributed by atoms with Crippen molar-refractivity contribution in [2.45, 2.75) is 12.8 Å². The molecule has 0 spiro atoms. The van der Waals surface area contributed by atoms with Crippen LogP contribution in [0.4, 0.5) is 17.1 Å². The maximum atomic E-state index is 11.4. The van der Waals surface area contributed by atoms with E-state index in [2.05, 4.69) is 145 Å². The fourth-order valence-corrected chi connectivity index (χ4v) is 5.21. The number of anilines is 3. The van der Waals surface area contributed by atoms with E-state index in [1.807, 2.05) is 12.1 Å². The summed E-state index contributed by atoms with van der Waals surface area (Å²) in [5.74, 6) is -0.406. The van der Waals surface area contributed by atoms with Crippen LogP contribution in [-0.4, -0.2) is 25.8 Å². The first-order chi connectivity index (χ1) is 22.6. The zero-order valence-electron chi connectivity index (χ0n) is 26.1. The molecular formula is C42H39NO3. The summed E-state index contributed by atoms with van der Waals surface area (Å²) in [7, 11) is 0. The molecule has 4 heteroatoms. The Hall–Kier alpha value is -5.45. The smallest absolute Gasteiger partial charge is 0.330 e. The van der Waals surface area contributed by atoms with Crippen molar-refractivity contribution in [3.05, 3.63) is 187 Å². The van der Waals surface area contributed by atoms with Crippen molar-refractivity contribution in [2.24, 2.45) is 0 Å². The molecule has 0 saturated heterocycles. The Morgan fingerprint density at radius 1 is 0.609 bits per heavy atom. The monoisotopic (exact) mass is 605 g/mol. The molecule has 0 atom stereocenters. The van der Waals surface area contributed by atoms with Crippen molar-refractivity contribution < 1.29 is 14.3 Å². The van der Waals surface area contributed by atoms with Crippen LogP contribution in [0.3, 0.4) is 0 Å². The molecule has 0 heterocycles. The lowest BCUT2D eigenvalue weighted by Crippen LogP contribution is -2.10. The van der Waals surface area contributed by atoms with Gasteiger partial charge in [-0.25, -0.2) is 4.79 Å². The van der Waals surface area contributed by atoms with Crippen molar-refractivity contribution in [1.82, 2.24) is 0 Å². The van der Waals surface area contributed by atoms with Gasteiger partial charge in [0, 0.05) is 29.6 Å². The van der Waals surface area contributed by atoms with E-state index in [1.54, 1.807) is 6.08 Å². The van der Waals surface area contributed by atoms with Gasteiger partial charge in [0.15, 0.2) is 0 Å². The summed E-state index contributed by atoms with van der Waals surface area (Å²) in [6.45, 7) is 8.70. The predicted octanol–water partition coefficient (Wildman–Crippen LogP) is 9.76. The number of nitrogens with zero attached hydrogens (tertiary/aromatic N) is 1. The van der Waals surface area contributed by atoms with Gasteiger partial charge in [0.25, 0.3) is 0 Å². The summed E-state index contributed by atoms with van der Waals surface area (Å²) >= 11 is 0. The van der Waals surface area contributed by atoms with Gasteiger partial charge in [0.2, 0.25) is 0 Å². The number of carbonyl (C=O) groups excluding carboxylic acids is 1. The molecule has 230 valence electrons. The first kappa shape index (κ1) is 32.0. The molecule has 46 heavy (non-hydrogen) atoms. The average molecular weight is 606 g/mol. The Bertz CT molecular complexity index is 1680. The summed E-state index contributed by atoms with van der Waals surface area (Å²) < 4.78 is 10.8. The predicted molar refractivity (Wildman–Crippen MR) is 191 cm³/mol. The van der Waals surface area contributed by atoms with E-state index in [-0.39, 0.29) is 0 Å². The molecule has 0 amide bonds. The largest absolute Gasteiger partial charge is 0.462 e. The standard InChI is InChI=1S/C42H39NO3/c1-3-29-45-30-27-33-15-21-38(22-16-33)43(39-23-17-34(18-24-39)28-31-46-42(44)4-2)40-25-19-35(20-26-40)32-41(36-11-7-5-8-12-36)37-13-9-6-10-14-37/h3-26,32H,1-2,27-31H2. The maximum Gasteiger partial charge on any atom is 0.330 e. The normalized spacial score (nSPS) is 10.5. The third-order valence-corrected chi connectivity index (χ3v) is 7.59. The molecule has 5 rings (SSSR count). The first-order valence-electron chi connectivity index (χ1n) is 15.5. The zero-order chi connectivity index (χ0) is 32.0. The van der Waals surface area contributed by atoms with E-state index in [0.29, 0.717) is 26.2 Å². The van der Waals surface area contributed by atoms with Gasteiger partial charge in [-0.2, -0.15) is 0 Å². The van der Waals surface area contributed by atoms with Crippen molar-refractivity contribution in [2.75, 3.05) is 24.7 Å². The Morgan fingerprint density at radius 3 is 1.57 bits per heavy atom. The molecule has 0 N–H and O–H groups in total. The molecule has 0 aliphatic carbocycles. The van der Waals surface area contributed by atoms with Gasteiger partial charge in [0.05, 0.1) is 19.8 Å². The molecule has 0 fully saturated rings. The van der Waals surface area contributed by atoms with Crippen LogP contribution in [-0.2, 0) is 27.1 Å². The minimum absolute atomic E-state index is 0.314. The van der Waals surface area contributed by atoms with E-state index >= 15 is 0 Å². The summed E-state index contributed by atoms with van der Waals surface area (Å²) in [4.78, 5) is 13.7. The molecule has 0 aromatic heterocycles. The third kappa shape index (κ3) is 8.81. The number of carbonyl (C=O) groups is 1. The number of rotatable bonds is 15. The number of hydrogen-bond acceptors (Lipinski definition) is 4. The maximum absolute atomic E-state index is 11.4. The lowest BCUT2D eigenvalue weighted by atomic mass is 9.95. The summed E-state index contributed by atoms with van der Waals surface area (Å²) in [5, 5.41) is 0. The zero-order valence-corrected chi connectivity index (χ0v) is 26.1. The summed E-state index contributed by atoms with van der Waals surface area (Å²) in [6.07, 6.45) is 6.67. The van der Waals surface area contributed by atoms with Crippen molar-refractivity contribution in [3.63, 3.8) is 0 Å². The van der Waals surface area contributed by atoms with Gasteiger partial charge in [-0.05, 0) is 82.3 Å². The van der Waals surface area contributed by atoms with Crippen LogP contribution in [0.15, 0.2) is 159 Å². The number of hydrogen-bond donors (Lipinski definition) is 0. The van der Waals surface area contributed by atoms with Crippen molar-refractivity contribution in [1.29, 1.82) is 0 Å². The van der Waals surface area contributed by atoms with E-state index < -0.39 is 5.97 Å². The van der Waals surface area contributed by atoms with E-state index in [9.17, 15) is 4.79 Å². The van der Waals surface area contributed by atoms with Crippen LogP contribution >= 0.6 is 0 Å². The quantitative estimate of drug-likeness (QED) is 0.0392. The van der Waals surface area contributed by atoms with Crippen LogP contribution in [0.2, 0.25) is 0 Å². The highest BCUT2D eigenvalue weighted by molar-refractivity contribution is 5.91. The van der Waals surface area contributed by atoms with Crippen LogP contribution in [0.5, 0.6) is 0 Å². The van der Waals surface area contributed by atoms with Crippen molar-refractivity contribution >= 4 is 34.7 Å². The van der Waals surface area contributed by atoms with Gasteiger partial charge >= 0.3 is 5.97 Å². The van der Waals surface area contributed by atoms with Gasteiger partial charge < -0.3 is 14.4 Å². The second kappa shape index (κ2) is 16.6. The van der Waals surface area contributed by atoms with Crippen LogP contribution in [0, 0.1) is 0 Å². The molecule has 0 unspecified atom stereocenters. The Balaban J connectivity index is 1.44. The van der Waals surface area contributed by atoms with Crippen LogP contribution in [0.1, 0.15) is 27.8 Å². The topological polar surface area (TPSA) is 38.8 Å². The Morgan fingerprint density at radius 2 is 1.09 bits per heavy atom. The van der Waals surface area contributed by atoms with E-state index in [4.69, 9.17) is 9.47 Å². The average Bonchev–Trinajstić information content (AvgIpc) is 3.12. The minimum Gasteiger partial charge on any atom is -0.462 e. The molecule has 0 aliphatic heterocycles. The third-order valence-electron chi connectivity index (χ3n) is 7.59. The molecule has 4 nitrogen and oxygen atoms in total. The molecule has 0 bridgehead atoms. The SMILES string of the molecule is C=CCOCCc1ccc(N(c2ccc(C=C(c3ccccc3)c3ccccc3)cc2)c2ccc(CCOC(=O)C=C)cc2)cc1. The second-order valence-electron chi connectivity index (χ2n) is 10.8. The molecule has 0 saturated carbocycles. The molecular weight excluding hydrogens is 566 g/mol. The second-order valence-corrected chi connectivity index (χ2v) is 10.8. The highest BCUT2D eigenvalue weighted by atomic mass is 16.5. The Labute approximate surface area is 272 Å². The molecule has 0 radical (unpaired) electrons. The molecule has 0 aliphatic rings. The van der Waals surface area contributed by atoms with E-state index in [0.717, 1.165) is 34.6 Å². The number of esters is 1. The summed E-state index contributed by atoms with van der Waals surface area (Å²) in [6, 6.07) is 46.7. The number of ether oxygens (including phenoxy) is 2. The molecule has 5 aromatic carbocycles. The highest BCUT2D eigenvalue weighted by Gasteiger charge is 2.13. The number of benzene rings is 5. The van der Waals surface area contributed by atoms with Crippen LogP contribution < -0.4 is 4.90 Å². The highest BCUT2D eigenvalue weighted by Crippen LogP contribution is 2.35. The minimum atomic E-state index is -0.406. The fourth-order valence-electron chi connectivity index (χ4n) is 5.21. The lowest BCUT2D eigenvalue weighted by molar-refractivity contribution is -0.137. The lowest BCUT2D eigenvalue weighted by Gasteiger charge is -2.26. The first-order valence-corrected chi connectivity index (χ1v) is 15.5. The molecule has 5 aromatic rings.